The van der Waals surface area contributed by atoms with E-state index >= 15 is 0 Å². The van der Waals surface area contributed by atoms with Gasteiger partial charge in [0.1, 0.15) is 11.3 Å². The largest absolute Gasteiger partial charge is 0.507 e. The van der Waals surface area contributed by atoms with Crippen molar-refractivity contribution in [1.82, 2.24) is 0 Å². The summed E-state index contributed by atoms with van der Waals surface area (Å²) in [5.41, 5.74) is -0.0671. The number of rotatable bonds is 2. The van der Waals surface area contributed by atoms with Crippen LogP contribution in [0.5, 0.6) is 5.75 Å². The summed E-state index contributed by atoms with van der Waals surface area (Å²) in [5.74, 6) is -0.197. The van der Waals surface area contributed by atoms with Crippen LogP contribution in [-0.4, -0.2) is 38.5 Å². The van der Waals surface area contributed by atoms with Crippen LogP contribution in [0.3, 0.4) is 0 Å². The average molecular weight is 354 g/mol. The van der Waals surface area contributed by atoms with E-state index in [1.54, 1.807) is 12.1 Å². The molecule has 0 heterocycles. The highest BCUT2D eigenvalue weighted by molar-refractivity contribution is 5.90. The lowest BCUT2D eigenvalue weighted by Gasteiger charge is -2.33. The number of phenols is 1. The van der Waals surface area contributed by atoms with Crippen LogP contribution in [0.1, 0.15) is 57.3 Å². The van der Waals surface area contributed by atoms with Crippen molar-refractivity contribution in [3.05, 3.63) is 29.8 Å². The van der Waals surface area contributed by atoms with Gasteiger partial charge in [0, 0.05) is 6.92 Å². The number of carboxylic acids is 2. The fourth-order valence-electron chi connectivity index (χ4n) is 2.81. The Morgan fingerprint density at radius 1 is 1.12 bits per heavy atom. The van der Waals surface area contributed by atoms with Crippen LogP contribution in [-0.2, 0) is 4.79 Å². The lowest BCUT2D eigenvalue weighted by molar-refractivity contribution is -0.134. The fourth-order valence-corrected chi connectivity index (χ4v) is 2.81. The molecule has 2 rings (SSSR count). The SMILES string of the molecule is CC(=O)O.CC1CCC(C(C)C)C(O)C1.O=C(O)c1ccccc1O. The van der Waals surface area contributed by atoms with E-state index in [9.17, 15) is 9.90 Å². The van der Waals surface area contributed by atoms with E-state index in [-0.39, 0.29) is 17.4 Å². The predicted octanol–water partition coefficient (Wildman–Crippen LogP) is 3.62. The van der Waals surface area contributed by atoms with Crippen molar-refractivity contribution in [3.63, 3.8) is 0 Å². The van der Waals surface area contributed by atoms with E-state index in [1.165, 1.54) is 25.0 Å². The monoisotopic (exact) mass is 354 g/mol. The van der Waals surface area contributed by atoms with E-state index in [0.29, 0.717) is 11.8 Å². The molecule has 1 aromatic rings. The first kappa shape index (κ1) is 22.9. The molecule has 4 N–H and O–H groups in total. The number of aliphatic carboxylic acids is 1. The maximum atomic E-state index is 10.3. The van der Waals surface area contributed by atoms with E-state index in [2.05, 4.69) is 20.8 Å². The van der Waals surface area contributed by atoms with Crippen LogP contribution in [0.4, 0.5) is 0 Å². The minimum Gasteiger partial charge on any atom is -0.507 e. The van der Waals surface area contributed by atoms with Crippen molar-refractivity contribution in [1.29, 1.82) is 0 Å². The van der Waals surface area contributed by atoms with Gasteiger partial charge in [-0.25, -0.2) is 4.79 Å². The Morgan fingerprint density at radius 3 is 2.00 bits per heavy atom. The maximum absolute atomic E-state index is 10.3. The standard InChI is InChI=1S/C10H20O.C7H6O3.C2H4O2/c1-7(2)9-5-4-8(3)6-10(9)11;8-6-4-2-1-3-5(6)7(9)10;1-2(3)4/h7-11H,4-6H2,1-3H3;1-4,8H,(H,9,10);1H3,(H,3,4). The van der Waals surface area contributed by atoms with E-state index < -0.39 is 11.9 Å². The molecule has 25 heavy (non-hydrogen) atoms. The quantitative estimate of drug-likeness (QED) is 0.645. The average Bonchev–Trinajstić information content (AvgIpc) is 2.47. The molecule has 0 saturated heterocycles. The highest BCUT2D eigenvalue weighted by Gasteiger charge is 2.28. The first-order valence-corrected chi connectivity index (χ1v) is 8.45. The fraction of sp³-hybridized carbons (Fsp3) is 0.579. The molecule has 0 spiro atoms. The van der Waals surface area contributed by atoms with Gasteiger partial charge < -0.3 is 20.4 Å². The van der Waals surface area contributed by atoms with Crippen LogP contribution in [0, 0.1) is 17.8 Å². The molecule has 6 nitrogen and oxygen atoms in total. The van der Waals surface area contributed by atoms with E-state index in [1.807, 2.05) is 0 Å². The molecule has 0 aliphatic heterocycles. The van der Waals surface area contributed by atoms with Crippen LogP contribution < -0.4 is 0 Å². The van der Waals surface area contributed by atoms with E-state index in [0.717, 1.165) is 19.3 Å². The normalized spacial score (nSPS) is 22.1. The summed E-state index contributed by atoms with van der Waals surface area (Å²) in [6.07, 6.45) is 3.52. The maximum Gasteiger partial charge on any atom is 0.339 e. The van der Waals surface area contributed by atoms with Crippen molar-refractivity contribution >= 4 is 11.9 Å². The summed E-state index contributed by atoms with van der Waals surface area (Å²) >= 11 is 0. The zero-order valence-corrected chi connectivity index (χ0v) is 15.3. The van der Waals surface area contributed by atoms with Gasteiger partial charge in [-0.15, -0.1) is 0 Å². The summed E-state index contributed by atoms with van der Waals surface area (Å²) in [7, 11) is 0. The molecule has 0 amide bonds. The number of hydrogen-bond acceptors (Lipinski definition) is 4. The van der Waals surface area contributed by atoms with Gasteiger partial charge in [-0.1, -0.05) is 39.3 Å². The molecule has 0 radical (unpaired) electrons. The highest BCUT2D eigenvalue weighted by Crippen LogP contribution is 2.33. The minimum absolute atomic E-state index is 0.0289. The molecule has 142 valence electrons. The number of aliphatic hydroxyl groups is 1. The number of benzene rings is 1. The number of aromatic carboxylic acids is 1. The third-order valence-electron chi connectivity index (χ3n) is 4.12. The van der Waals surface area contributed by atoms with Crippen molar-refractivity contribution in [2.24, 2.45) is 17.8 Å². The van der Waals surface area contributed by atoms with Gasteiger partial charge in [0.05, 0.1) is 6.10 Å². The summed E-state index contributed by atoms with van der Waals surface area (Å²) in [6, 6.07) is 5.81. The topological polar surface area (TPSA) is 115 Å². The molecule has 1 aliphatic carbocycles. The van der Waals surface area contributed by atoms with Crippen molar-refractivity contribution in [2.75, 3.05) is 0 Å². The molecule has 0 bridgehead atoms. The Hall–Kier alpha value is -2.08. The third-order valence-corrected chi connectivity index (χ3v) is 4.12. The number of hydrogen-bond donors (Lipinski definition) is 4. The predicted molar refractivity (Wildman–Crippen MR) is 95.7 cm³/mol. The van der Waals surface area contributed by atoms with Crippen molar-refractivity contribution in [3.8, 4) is 5.75 Å². The summed E-state index contributed by atoms with van der Waals surface area (Å²) < 4.78 is 0. The van der Waals surface area contributed by atoms with Gasteiger partial charge in [-0.2, -0.15) is 0 Å². The highest BCUT2D eigenvalue weighted by atomic mass is 16.4. The second kappa shape index (κ2) is 11.5. The van der Waals surface area contributed by atoms with E-state index in [4.69, 9.17) is 20.1 Å². The summed E-state index contributed by atoms with van der Waals surface area (Å²) in [6.45, 7) is 7.74. The summed E-state index contributed by atoms with van der Waals surface area (Å²) in [4.78, 5) is 19.3. The first-order chi connectivity index (χ1) is 11.6. The summed E-state index contributed by atoms with van der Waals surface area (Å²) in [5, 5.41) is 34.4. The Balaban J connectivity index is 0.000000383. The molecule has 1 fully saturated rings. The zero-order valence-electron chi connectivity index (χ0n) is 15.3. The lowest BCUT2D eigenvalue weighted by Crippen LogP contribution is -2.31. The lowest BCUT2D eigenvalue weighted by atomic mass is 9.75. The second-order valence-corrected chi connectivity index (χ2v) is 6.73. The smallest absolute Gasteiger partial charge is 0.339 e. The van der Waals surface area contributed by atoms with Gasteiger partial charge >= 0.3 is 5.97 Å². The van der Waals surface area contributed by atoms with Crippen molar-refractivity contribution < 1.29 is 30.0 Å². The number of aromatic hydroxyl groups is 1. The Bertz CT molecular complexity index is 536. The van der Waals surface area contributed by atoms with Gasteiger partial charge in [0.25, 0.3) is 5.97 Å². The molecule has 1 aromatic carbocycles. The van der Waals surface area contributed by atoms with Gasteiger partial charge in [-0.05, 0) is 42.7 Å². The number of carbonyl (C=O) groups is 2. The van der Waals surface area contributed by atoms with Crippen LogP contribution >= 0.6 is 0 Å². The molecule has 3 unspecified atom stereocenters. The Labute approximate surface area is 149 Å². The van der Waals surface area contributed by atoms with Crippen LogP contribution in [0.2, 0.25) is 0 Å². The Morgan fingerprint density at radius 2 is 1.64 bits per heavy atom. The number of carboxylic acid groups (broad SMARTS) is 2. The molecular formula is C19H30O6. The number of aliphatic hydroxyl groups excluding tert-OH is 1. The minimum atomic E-state index is -1.11. The van der Waals surface area contributed by atoms with Gasteiger partial charge in [-0.3, -0.25) is 4.79 Å². The molecular weight excluding hydrogens is 324 g/mol. The molecule has 3 atom stereocenters. The number of para-hydroxylation sites is 1. The third kappa shape index (κ3) is 9.72. The Kier molecular flexibility index (Phi) is 10.5. The molecule has 6 heteroatoms. The van der Waals surface area contributed by atoms with Crippen LogP contribution in [0.15, 0.2) is 24.3 Å². The second-order valence-electron chi connectivity index (χ2n) is 6.73. The van der Waals surface area contributed by atoms with Crippen molar-refractivity contribution in [2.45, 2.75) is 53.1 Å². The first-order valence-electron chi connectivity index (χ1n) is 8.45. The molecule has 1 aliphatic rings. The van der Waals surface area contributed by atoms with Gasteiger partial charge in [0.2, 0.25) is 0 Å². The molecule has 0 aromatic heterocycles. The van der Waals surface area contributed by atoms with Crippen LogP contribution in [0.25, 0.3) is 0 Å². The molecule has 1 saturated carbocycles. The van der Waals surface area contributed by atoms with Gasteiger partial charge in [0.15, 0.2) is 0 Å². The zero-order chi connectivity index (χ0) is 19.6.